The Morgan fingerprint density at radius 1 is 1.33 bits per heavy atom. The lowest BCUT2D eigenvalue weighted by Gasteiger charge is -2.09. The SMILES string of the molecule is COC(=O)c1cc(I)c(N=NN(C)C)c(OC)c1. The Morgan fingerprint density at radius 3 is 2.50 bits per heavy atom. The second-order valence-corrected chi connectivity index (χ2v) is 4.70. The van der Waals surface area contributed by atoms with E-state index in [0.29, 0.717) is 17.0 Å². The predicted octanol–water partition coefficient (Wildman–Crippen LogP) is 2.65. The van der Waals surface area contributed by atoms with Gasteiger partial charge in [-0.15, -0.1) is 5.11 Å². The maximum absolute atomic E-state index is 11.5. The molecule has 1 aromatic rings. The van der Waals surface area contributed by atoms with Gasteiger partial charge in [-0.3, -0.25) is 5.01 Å². The zero-order valence-electron chi connectivity index (χ0n) is 10.6. The van der Waals surface area contributed by atoms with Gasteiger partial charge in [0.1, 0.15) is 11.4 Å². The minimum absolute atomic E-state index is 0.415. The lowest BCUT2D eigenvalue weighted by atomic mass is 10.2. The number of rotatable bonds is 4. The first-order chi connectivity index (χ1) is 8.49. The van der Waals surface area contributed by atoms with Crippen molar-refractivity contribution in [3.05, 3.63) is 21.3 Å². The van der Waals surface area contributed by atoms with Gasteiger partial charge in [-0.2, -0.15) is 0 Å². The van der Waals surface area contributed by atoms with Gasteiger partial charge in [0.15, 0.2) is 0 Å². The van der Waals surface area contributed by atoms with Gasteiger partial charge in [0.25, 0.3) is 0 Å². The van der Waals surface area contributed by atoms with E-state index < -0.39 is 5.97 Å². The maximum atomic E-state index is 11.5. The summed E-state index contributed by atoms with van der Waals surface area (Å²) in [7, 11) is 6.39. The van der Waals surface area contributed by atoms with Crippen LogP contribution in [-0.4, -0.2) is 39.3 Å². The summed E-state index contributed by atoms with van der Waals surface area (Å²) in [6.45, 7) is 0. The number of methoxy groups -OCH3 is 2. The molecule has 0 amide bonds. The minimum Gasteiger partial charge on any atom is -0.494 e. The average Bonchev–Trinajstić information content (AvgIpc) is 2.35. The molecule has 1 aromatic carbocycles. The van der Waals surface area contributed by atoms with Crippen LogP contribution < -0.4 is 4.74 Å². The van der Waals surface area contributed by atoms with Gasteiger partial charge in [0, 0.05) is 17.7 Å². The van der Waals surface area contributed by atoms with E-state index in [1.54, 1.807) is 31.2 Å². The van der Waals surface area contributed by atoms with Crippen molar-refractivity contribution in [2.24, 2.45) is 10.3 Å². The molecular formula is C11H14IN3O3. The molecule has 1 rings (SSSR count). The quantitative estimate of drug-likeness (QED) is 0.357. The Balaban J connectivity index is 3.24. The zero-order valence-corrected chi connectivity index (χ0v) is 12.8. The van der Waals surface area contributed by atoms with Crippen LogP contribution in [0.2, 0.25) is 0 Å². The summed E-state index contributed by atoms with van der Waals surface area (Å²) in [6, 6.07) is 3.26. The Hall–Kier alpha value is -1.38. The molecule has 0 aliphatic carbocycles. The van der Waals surface area contributed by atoms with E-state index in [2.05, 4.69) is 37.7 Å². The summed E-state index contributed by atoms with van der Waals surface area (Å²) in [4.78, 5) is 11.5. The molecule has 0 N–H and O–H groups in total. The first-order valence-electron chi connectivity index (χ1n) is 5.04. The number of hydrogen-bond donors (Lipinski definition) is 0. The van der Waals surface area contributed by atoms with Crippen molar-refractivity contribution in [2.75, 3.05) is 28.3 Å². The molecule has 7 heteroatoms. The third-order valence-electron chi connectivity index (χ3n) is 1.99. The third kappa shape index (κ3) is 3.56. The summed E-state index contributed by atoms with van der Waals surface area (Å²) >= 11 is 2.07. The number of ether oxygens (including phenoxy) is 2. The van der Waals surface area contributed by atoms with Crippen molar-refractivity contribution < 1.29 is 14.3 Å². The van der Waals surface area contributed by atoms with Gasteiger partial charge in [0.05, 0.1) is 19.8 Å². The molecule has 0 bridgehead atoms. The van der Waals surface area contributed by atoms with Crippen LogP contribution in [0.4, 0.5) is 5.69 Å². The molecule has 0 radical (unpaired) electrons. The molecule has 0 spiro atoms. The van der Waals surface area contributed by atoms with E-state index in [0.717, 1.165) is 3.57 Å². The van der Waals surface area contributed by atoms with Gasteiger partial charge in [-0.1, -0.05) is 5.22 Å². The molecular weight excluding hydrogens is 349 g/mol. The second-order valence-electron chi connectivity index (χ2n) is 3.54. The molecule has 18 heavy (non-hydrogen) atoms. The van der Waals surface area contributed by atoms with E-state index in [4.69, 9.17) is 4.74 Å². The molecule has 0 aromatic heterocycles. The maximum Gasteiger partial charge on any atom is 0.338 e. The fraction of sp³-hybridized carbons (Fsp3) is 0.364. The summed E-state index contributed by atoms with van der Waals surface area (Å²) < 4.78 is 10.6. The molecule has 0 atom stereocenters. The van der Waals surface area contributed by atoms with E-state index >= 15 is 0 Å². The van der Waals surface area contributed by atoms with E-state index in [9.17, 15) is 4.79 Å². The molecule has 0 unspecified atom stereocenters. The number of nitrogens with zero attached hydrogens (tertiary/aromatic N) is 3. The fourth-order valence-electron chi connectivity index (χ4n) is 1.20. The second kappa shape index (κ2) is 6.53. The minimum atomic E-state index is -0.415. The smallest absolute Gasteiger partial charge is 0.338 e. The molecule has 0 heterocycles. The van der Waals surface area contributed by atoms with Crippen molar-refractivity contribution in [3.63, 3.8) is 0 Å². The van der Waals surface area contributed by atoms with Gasteiger partial charge in [-0.25, -0.2) is 4.79 Å². The van der Waals surface area contributed by atoms with Crippen LogP contribution in [0.15, 0.2) is 22.5 Å². The highest BCUT2D eigenvalue weighted by Crippen LogP contribution is 2.34. The highest BCUT2D eigenvalue weighted by atomic mass is 127. The highest BCUT2D eigenvalue weighted by molar-refractivity contribution is 14.1. The van der Waals surface area contributed by atoms with Crippen LogP contribution in [0, 0.1) is 3.57 Å². The molecule has 0 aliphatic rings. The van der Waals surface area contributed by atoms with E-state index in [1.807, 2.05) is 0 Å². The Bertz CT molecular complexity index is 475. The van der Waals surface area contributed by atoms with Crippen LogP contribution in [0.5, 0.6) is 5.75 Å². The first-order valence-corrected chi connectivity index (χ1v) is 6.12. The Morgan fingerprint density at radius 2 is 2.00 bits per heavy atom. The van der Waals surface area contributed by atoms with Crippen molar-refractivity contribution >= 4 is 34.2 Å². The highest BCUT2D eigenvalue weighted by Gasteiger charge is 2.14. The number of carbonyl (C=O) groups excluding carboxylic acids is 1. The lowest BCUT2D eigenvalue weighted by molar-refractivity contribution is 0.0600. The van der Waals surface area contributed by atoms with Crippen LogP contribution in [0.1, 0.15) is 10.4 Å². The Labute approximate surface area is 119 Å². The number of esters is 1. The van der Waals surface area contributed by atoms with Gasteiger partial charge >= 0.3 is 5.97 Å². The molecule has 6 nitrogen and oxygen atoms in total. The normalized spacial score (nSPS) is 10.5. The van der Waals surface area contributed by atoms with Gasteiger partial charge < -0.3 is 9.47 Å². The number of halogens is 1. The fourth-order valence-corrected chi connectivity index (χ4v) is 1.91. The van der Waals surface area contributed by atoms with Crippen molar-refractivity contribution in [3.8, 4) is 5.75 Å². The molecule has 0 saturated carbocycles. The summed E-state index contributed by atoms with van der Waals surface area (Å²) in [5, 5.41) is 9.56. The van der Waals surface area contributed by atoms with Crippen molar-refractivity contribution in [1.29, 1.82) is 0 Å². The third-order valence-corrected chi connectivity index (χ3v) is 2.82. The van der Waals surface area contributed by atoms with E-state index in [1.165, 1.54) is 14.2 Å². The van der Waals surface area contributed by atoms with Crippen LogP contribution in [0.25, 0.3) is 0 Å². The predicted molar refractivity (Wildman–Crippen MR) is 75.3 cm³/mol. The van der Waals surface area contributed by atoms with Gasteiger partial charge in [-0.05, 0) is 34.7 Å². The van der Waals surface area contributed by atoms with Crippen LogP contribution in [0.3, 0.4) is 0 Å². The number of carbonyl (C=O) groups is 1. The molecule has 98 valence electrons. The molecule has 0 saturated heterocycles. The van der Waals surface area contributed by atoms with Gasteiger partial charge in [0.2, 0.25) is 0 Å². The Kier molecular flexibility index (Phi) is 5.32. The van der Waals surface area contributed by atoms with Crippen molar-refractivity contribution in [2.45, 2.75) is 0 Å². The summed E-state index contributed by atoms with van der Waals surface area (Å²) in [6.07, 6.45) is 0. The number of benzene rings is 1. The van der Waals surface area contributed by atoms with E-state index in [-0.39, 0.29) is 0 Å². The summed E-state index contributed by atoms with van der Waals surface area (Å²) in [5.74, 6) is 0.0650. The average molecular weight is 363 g/mol. The van der Waals surface area contributed by atoms with Crippen molar-refractivity contribution in [1.82, 2.24) is 5.01 Å². The van der Waals surface area contributed by atoms with Crippen LogP contribution in [-0.2, 0) is 4.74 Å². The zero-order chi connectivity index (χ0) is 13.7. The largest absolute Gasteiger partial charge is 0.494 e. The lowest BCUT2D eigenvalue weighted by Crippen LogP contribution is -2.03. The number of hydrogen-bond acceptors (Lipinski definition) is 5. The van der Waals surface area contributed by atoms with Crippen LogP contribution >= 0.6 is 22.6 Å². The standard InChI is InChI=1S/C11H14IN3O3/c1-15(2)14-13-10-8(12)5-7(11(16)18-4)6-9(10)17-3/h5-6H,1-4H3. The summed E-state index contributed by atoms with van der Waals surface area (Å²) in [5.41, 5.74) is 1.00. The molecule has 0 fully saturated rings. The monoisotopic (exact) mass is 363 g/mol. The first kappa shape index (κ1) is 14.7. The topological polar surface area (TPSA) is 63.5 Å². The molecule has 0 aliphatic heterocycles.